The van der Waals surface area contributed by atoms with Gasteiger partial charge in [-0.05, 0) is 225 Å². The average Bonchev–Trinajstić information content (AvgIpc) is 0.765. The van der Waals surface area contributed by atoms with E-state index in [1.54, 1.807) is 6.07 Å². The number of nitrogens with zero attached hydrogens (tertiary/aromatic N) is 2. The normalized spacial score (nSPS) is 10.9. The van der Waals surface area contributed by atoms with Crippen molar-refractivity contribution >= 4 is 78.9 Å². The Hall–Kier alpha value is -13.3. The number of fused-ring (bicyclic) bond motifs is 2. The van der Waals surface area contributed by atoms with Crippen LogP contribution in [-0.4, -0.2) is 0 Å². The maximum absolute atomic E-state index is 6.03. The molecule has 0 saturated carbocycles. The first kappa shape index (κ1) is 70.0. The van der Waals surface area contributed by atoms with Gasteiger partial charge in [0, 0.05) is 44.2 Å². The van der Waals surface area contributed by atoms with Crippen molar-refractivity contribution in [1.82, 2.24) is 0 Å². The molecular formula is C105H76Cl2N2. The van der Waals surface area contributed by atoms with Gasteiger partial charge in [0.25, 0.3) is 0 Å². The second kappa shape index (κ2) is 33.4. The summed E-state index contributed by atoms with van der Waals surface area (Å²) >= 11 is 12.1. The Bertz CT molecular complexity index is 5550. The van der Waals surface area contributed by atoms with Crippen molar-refractivity contribution in [2.45, 2.75) is 6.42 Å². The molecule has 4 heteroatoms. The van der Waals surface area contributed by atoms with Gasteiger partial charge in [-0.25, -0.2) is 0 Å². The van der Waals surface area contributed by atoms with Gasteiger partial charge in [-0.3, -0.25) is 0 Å². The van der Waals surface area contributed by atoms with E-state index in [0.29, 0.717) is 10.0 Å². The van der Waals surface area contributed by atoms with E-state index < -0.39 is 0 Å². The Morgan fingerprint density at radius 3 is 0.642 bits per heavy atom. The number of rotatable bonds is 16. The van der Waals surface area contributed by atoms with E-state index in [1.807, 2.05) is 24.3 Å². The molecule has 0 fully saturated rings. The first-order valence-electron chi connectivity index (χ1n) is 36.9. The van der Waals surface area contributed by atoms with Gasteiger partial charge in [0.05, 0.1) is 0 Å². The molecule has 18 aromatic rings. The quantitative estimate of drug-likeness (QED) is 0.0951. The third-order valence-corrected chi connectivity index (χ3v) is 20.3. The van der Waals surface area contributed by atoms with Crippen LogP contribution >= 0.6 is 23.2 Å². The summed E-state index contributed by atoms with van der Waals surface area (Å²) < 4.78 is 0. The third-order valence-electron chi connectivity index (χ3n) is 19.9. The minimum Gasteiger partial charge on any atom is -0.310 e. The Morgan fingerprint density at radius 2 is 0.367 bits per heavy atom. The van der Waals surface area contributed by atoms with Crippen LogP contribution in [0.4, 0.5) is 34.1 Å². The van der Waals surface area contributed by atoms with Crippen LogP contribution in [-0.2, 0) is 6.42 Å². The molecule has 0 radical (unpaired) electrons. The van der Waals surface area contributed by atoms with Crippen LogP contribution < -0.4 is 9.80 Å². The minimum atomic E-state index is 0.658. The molecule has 0 aliphatic carbocycles. The van der Waals surface area contributed by atoms with Crippen LogP contribution in [0.2, 0.25) is 10.0 Å². The van der Waals surface area contributed by atoms with Crippen LogP contribution in [0.1, 0.15) is 11.1 Å². The Balaban J connectivity index is 0.000000169. The smallest absolute Gasteiger partial charge is 0.0488 e. The average molecular weight is 1440 g/mol. The SMILES string of the molecule is Clc1cc(Cl)cc(-c2ccc3ccccc3c2)c1.c1ccc(-c2ccc(Cc3ccc(-c4ccccc4)cc3)cc2)cc1.c1ccc(-c2ccc(N(c3ccc(-c4ccccc4)cc3)c3cc(-c4ccc5ccccc5c4)cc(N(c4ccc(-c5ccccc5)cc4)c4ccc(-c5ccccc5)cc4)c3)cc2)cc1. The van der Waals surface area contributed by atoms with Crippen molar-refractivity contribution in [1.29, 1.82) is 0 Å². The number of benzene rings is 18. The molecule has 2 nitrogen and oxygen atoms in total. The Labute approximate surface area is 649 Å². The highest BCUT2D eigenvalue weighted by Crippen LogP contribution is 2.45. The zero-order chi connectivity index (χ0) is 73.5. The van der Waals surface area contributed by atoms with E-state index in [4.69, 9.17) is 23.2 Å². The number of hydrogen-bond donors (Lipinski definition) is 0. The lowest BCUT2D eigenvalue weighted by atomic mass is 9.98. The topological polar surface area (TPSA) is 6.48 Å². The molecule has 0 bridgehead atoms. The molecule has 520 valence electrons. The Morgan fingerprint density at radius 1 is 0.147 bits per heavy atom. The van der Waals surface area contributed by atoms with Crippen molar-refractivity contribution in [2.24, 2.45) is 0 Å². The molecule has 0 heterocycles. The van der Waals surface area contributed by atoms with Gasteiger partial charge < -0.3 is 9.80 Å². The molecule has 109 heavy (non-hydrogen) atoms. The van der Waals surface area contributed by atoms with Gasteiger partial charge in [-0.1, -0.05) is 375 Å². The van der Waals surface area contributed by atoms with Crippen molar-refractivity contribution in [3.05, 3.63) is 470 Å². The standard InChI is InChI=1S/C64H46N2.C25H20.C16H10Cl2/c1-5-15-47(16-6-1)52-27-35-59(36-28-52)65(60-37-29-53(30-38-60)48-17-7-2-8-18-48)63-44-58(57-26-25-51-23-13-14-24-56(51)43-57)45-64(46-63)66(61-39-31-54(32-40-61)49-19-9-3-10-20-49)62-41-33-55(34-42-62)50-21-11-4-12-22-50;1-3-7-22(8-4-1)24-15-11-20(12-16-24)19-21-13-17-25(18-14-21)23-9-5-2-6-10-23;17-15-8-14(9-16(18)10-15)13-6-5-11-3-1-2-4-12(11)7-13/h1-46H;1-18H,19H2;1-10H. The first-order chi connectivity index (χ1) is 53.8. The van der Waals surface area contributed by atoms with Crippen molar-refractivity contribution in [3.63, 3.8) is 0 Å². The number of hydrogen-bond acceptors (Lipinski definition) is 2. The summed E-state index contributed by atoms with van der Waals surface area (Å²) in [5.41, 5.74) is 28.0. The van der Waals surface area contributed by atoms with Gasteiger partial charge in [0.15, 0.2) is 0 Å². The number of anilines is 6. The van der Waals surface area contributed by atoms with E-state index >= 15 is 0 Å². The summed E-state index contributed by atoms with van der Waals surface area (Å²) in [6, 6.07) is 160. The highest BCUT2D eigenvalue weighted by Gasteiger charge is 2.21. The summed E-state index contributed by atoms with van der Waals surface area (Å²) in [5, 5.41) is 6.18. The summed E-state index contributed by atoms with van der Waals surface area (Å²) in [5.74, 6) is 0. The van der Waals surface area contributed by atoms with Crippen LogP contribution in [0.3, 0.4) is 0 Å². The van der Waals surface area contributed by atoms with Crippen molar-refractivity contribution in [3.8, 4) is 89.0 Å². The lowest BCUT2D eigenvalue weighted by Gasteiger charge is -2.31. The molecule has 18 rings (SSSR count). The zero-order valence-electron chi connectivity index (χ0n) is 60.1. The Kier molecular flexibility index (Phi) is 21.5. The highest BCUT2D eigenvalue weighted by molar-refractivity contribution is 6.35. The van der Waals surface area contributed by atoms with Crippen molar-refractivity contribution < 1.29 is 0 Å². The summed E-state index contributed by atoms with van der Waals surface area (Å²) in [7, 11) is 0. The number of halogens is 2. The molecular weight excluding hydrogens is 1360 g/mol. The van der Waals surface area contributed by atoms with E-state index in [2.05, 4.69) is 428 Å². The van der Waals surface area contributed by atoms with Gasteiger partial charge in [-0.15, -0.1) is 0 Å². The third kappa shape index (κ3) is 17.0. The lowest BCUT2D eigenvalue weighted by molar-refractivity contribution is 1.19. The van der Waals surface area contributed by atoms with E-state index in [0.717, 1.165) is 62.8 Å². The van der Waals surface area contributed by atoms with Crippen LogP contribution in [0.5, 0.6) is 0 Å². The fourth-order valence-corrected chi connectivity index (χ4v) is 14.8. The summed E-state index contributed by atoms with van der Waals surface area (Å²) in [6.07, 6.45) is 0.962. The molecule has 0 N–H and O–H groups in total. The van der Waals surface area contributed by atoms with Crippen molar-refractivity contribution in [2.75, 3.05) is 9.80 Å². The molecule has 0 aliphatic rings. The van der Waals surface area contributed by atoms with Gasteiger partial charge >= 0.3 is 0 Å². The highest BCUT2D eigenvalue weighted by atomic mass is 35.5. The van der Waals surface area contributed by atoms with Crippen LogP contribution in [0.15, 0.2) is 449 Å². The van der Waals surface area contributed by atoms with Gasteiger partial charge in [0.1, 0.15) is 0 Å². The maximum atomic E-state index is 6.03. The van der Waals surface area contributed by atoms with E-state index in [9.17, 15) is 0 Å². The van der Waals surface area contributed by atoms with Gasteiger partial charge in [0.2, 0.25) is 0 Å². The fraction of sp³-hybridized carbons (Fsp3) is 0.00952. The van der Waals surface area contributed by atoms with E-state index in [1.165, 1.54) is 99.4 Å². The molecule has 0 aromatic heterocycles. The molecule has 0 unspecified atom stereocenters. The summed E-state index contributed by atoms with van der Waals surface area (Å²) in [6.45, 7) is 0. The molecule has 18 aromatic carbocycles. The molecule has 0 spiro atoms. The second-order valence-electron chi connectivity index (χ2n) is 27.1. The minimum absolute atomic E-state index is 0.658. The molecule has 0 amide bonds. The molecule has 0 saturated heterocycles. The monoisotopic (exact) mass is 1430 g/mol. The van der Waals surface area contributed by atoms with E-state index in [-0.39, 0.29) is 0 Å². The molecule has 0 atom stereocenters. The van der Waals surface area contributed by atoms with Crippen LogP contribution in [0, 0.1) is 0 Å². The predicted molar refractivity (Wildman–Crippen MR) is 466 cm³/mol. The van der Waals surface area contributed by atoms with Gasteiger partial charge in [-0.2, -0.15) is 0 Å². The fourth-order valence-electron chi connectivity index (χ4n) is 14.2. The van der Waals surface area contributed by atoms with Crippen LogP contribution in [0.25, 0.3) is 111 Å². The second-order valence-corrected chi connectivity index (χ2v) is 28.0. The lowest BCUT2D eigenvalue weighted by Crippen LogP contribution is -2.13. The predicted octanol–water partition coefficient (Wildman–Crippen LogP) is 30.5. The molecule has 0 aliphatic heterocycles. The zero-order valence-corrected chi connectivity index (χ0v) is 61.6. The largest absolute Gasteiger partial charge is 0.310 e. The summed E-state index contributed by atoms with van der Waals surface area (Å²) in [4.78, 5) is 4.79. The maximum Gasteiger partial charge on any atom is 0.0488 e. The first-order valence-corrected chi connectivity index (χ1v) is 37.7.